The molecule has 0 aromatic heterocycles. The lowest BCUT2D eigenvalue weighted by Crippen LogP contribution is -2.17. The van der Waals surface area contributed by atoms with Crippen LogP contribution in [0.3, 0.4) is 0 Å². The molecule has 0 radical (unpaired) electrons. The van der Waals surface area contributed by atoms with Crippen LogP contribution in [0.1, 0.15) is 11.1 Å². The molecule has 2 aromatic carbocycles. The molecular weight excluding hydrogens is 288 g/mol. The molecule has 0 fully saturated rings. The summed E-state index contributed by atoms with van der Waals surface area (Å²) in [6.45, 7) is 2.91. The smallest absolute Gasteiger partial charge is 0.0437 e. The van der Waals surface area contributed by atoms with Crippen LogP contribution in [-0.2, 0) is 6.54 Å². The fourth-order valence-corrected chi connectivity index (χ4v) is 2.40. The van der Waals surface area contributed by atoms with Gasteiger partial charge in [-0.3, -0.25) is 0 Å². The maximum Gasteiger partial charge on any atom is 0.0437 e. The summed E-state index contributed by atoms with van der Waals surface area (Å²) < 4.78 is 1.14. The quantitative estimate of drug-likeness (QED) is 0.869. The Morgan fingerprint density at radius 1 is 1.17 bits per heavy atom. The summed E-state index contributed by atoms with van der Waals surface area (Å²) in [5.74, 6) is 0. The molecule has 0 atom stereocenters. The monoisotopic (exact) mass is 304 g/mol. The number of nitrogen functional groups attached to an aromatic ring is 1. The largest absolute Gasteiger partial charge is 0.399 e. The van der Waals surface area contributed by atoms with E-state index in [2.05, 4.69) is 59.1 Å². The third-order valence-corrected chi connectivity index (χ3v) is 3.66. The third-order valence-electron chi connectivity index (χ3n) is 2.89. The Morgan fingerprint density at radius 3 is 2.56 bits per heavy atom. The van der Waals surface area contributed by atoms with Crippen molar-refractivity contribution < 1.29 is 0 Å². The Bertz CT molecular complexity index is 532. The number of nitrogens with zero attached hydrogens (tertiary/aromatic N) is 1. The van der Waals surface area contributed by atoms with Gasteiger partial charge in [0.1, 0.15) is 0 Å². The molecule has 0 amide bonds. The topological polar surface area (TPSA) is 29.3 Å². The first-order valence-corrected chi connectivity index (χ1v) is 6.67. The van der Waals surface area contributed by atoms with Gasteiger partial charge in [-0.25, -0.2) is 0 Å². The summed E-state index contributed by atoms with van der Waals surface area (Å²) in [5, 5.41) is 0. The second-order valence-electron chi connectivity index (χ2n) is 4.55. The highest BCUT2D eigenvalue weighted by Gasteiger charge is 2.06. The molecule has 0 heterocycles. The van der Waals surface area contributed by atoms with Crippen LogP contribution < -0.4 is 10.6 Å². The summed E-state index contributed by atoms with van der Waals surface area (Å²) in [7, 11) is 2.08. The lowest BCUT2D eigenvalue weighted by Gasteiger charge is -2.21. The first kappa shape index (κ1) is 13.0. The average Bonchev–Trinajstić information content (AvgIpc) is 2.31. The average molecular weight is 305 g/mol. The van der Waals surface area contributed by atoms with E-state index in [0.717, 1.165) is 22.4 Å². The van der Waals surface area contributed by atoms with Gasteiger partial charge in [0.15, 0.2) is 0 Å². The Hall–Kier alpha value is -1.48. The standard InChI is InChI=1S/C15H17BrN2/c1-11-7-13(17)9-14(8-11)18(2)10-12-5-3-4-6-15(12)16/h3-9H,10,17H2,1-2H3. The molecule has 0 aliphatic heterocycles. The van der Waals surface area contributed by atoms with Gasteiger partial charge in [-0.15, -0.1) is 0 Å². The molecule has 2 nitrogen and oxygen atoms in total. The molecule has 0 aliphatic rings. The van der Waals surface area contributed by atoms with Crippen molar-refractivity contribution in [3.63, 3.8) is 0 Å². The molecule has 0 spiro atoms. The summed E-state index contributed by atoms with van der Waals surface area (Å²) in [6, 6.07) is 14.4. The summed E-state index contributed by atoms with van der Waals surface area (Å²) in [6.07, 6.45) is 0. The summed E-state index contributed by atoms with van der Waals surface area (Å²) in [5.41, 5.74) is 10.3. The van der Waals surface area contributed by atoms with Crippen LogP contribution >= 0.6 is 15.9 Å². The number of halogens is 1. The van der Waals surface area contributed by atoms with Crippen LogP contribution in [0.5, 0.6) is 0 Å². The summed E-state index contributed by atoms with van der Waals surface area (Å²) in [4.78, 5) is 2.20. The number of benzene rings is 2. The molecule has 0 aliphatic carbocycles. The predicted molar refractivity (Wildman–Crippen MR) is 81.8 cm³/mol. The summed E-state index contributed by atoms with van der Waals surface area (Å²) >= 11 is 3.57. The van der Waals surface area contributed by atoms with E-state index >= 15 is 0 Å². The molecule has 18 heavy (non-hydrogen) atoms. The van der Waals surface area contributed by atoms with Crippen molar-refractivity contribution in [2.75, 3.05) is 17.7 Å². The van der Waals surface area contributed by atoms with Crippen molar-refractivity contribution in [2.24, 2.45) is 0 Å². The normalized spacial score (nSPS) is 10.4. The van der Waals surface area contributed by atoms with Crippen LogP contribution in [0.2, 0.25) is 0 Å². The van der Waals surface area contributed by atoms with E-state index in [9.17, 15) is 0 Å². The van der Waals surface area contributed by atoms with Gasteiger partial charge in [-0.2, -0.15) is 0 Å². The Kier molecular flexibility index (Phi) is 3.92. The second-order valence-corrected chi connectivity index (χ2v) is 5.40. The molecule has 0 bridgehead atoms. The molecule has 2 N–H and O–H groups in total. The number of rotatable bonds is 3. The minimum Gasteiger partial charge on any atom is -0.399 e. The van der Waals surface area contributed by atoms with E-state index in [1.807, 2.05) is 18.2 Å². The SMILES string of the molecule is Cc1cc(N)cc(N(C)Cc2ccccc2Br)c1. The maximum absolute atomic E-state index is 5.88. The number of hydrogen-bond donors (Lipinski definition) is 1. The highest BCUT2D eigenvalue weighted by molar-refractivity contribution is 9.10. The number of aryl methyl sites for hydroxylation is 1. The zero-order valence-corrected chi connectivity index (χ0v) is 12.2. The van der Waals surface area contributed by atoms with Gasteiger partial charge in [-0.1, -0.05) is 34.1 Å². The molecule has 0 saturated heterocycles. The van der Waals surface area contributed by atoms with Crippen molar-refractivity contribution in [3.8, 4) is 0 Å². The van der Waals surface area contributed by atoms with Crippen molar-refractivity contribution in [1.29, 1.82) is 0 Å². The van der Waals surface area contributed by atoms with Gasteiger partial charge in [-0.05, 0) is 42.3 Å². The minimum absolute atomic E-state index is 0.809. The van der Waals surface area contributed by atoms with Crippen molar-refractivity contribution in [3.05, 3.63) is 58.1 Å². The molecular formula is C15H17BrN2. The van der Waals surface area contributed by atoms with Crippen LogP contribution in [0.4, 0.5) is 11.4 Å². The molecule has 2 rings (SSSR count). The first-order valence-electron chi connectivity index (χ1n) is 5.88. The van der Waals surface area contributed by atoms with Crippen LogP contribution in [0.15, 0.2) is 46.9 Å². The lowest BCUT2D eigenvalue weighted by molar-refractivity contribution is 0.918. The Morgan fingerprint density at radius 2 is 1.89 bits per heavy atom. The van der Waals surface area contributed by atoms with Gasteiger partial charge in [0.2, 0.25) is 0 Å². The van der Waals surface area contributed by atoms with Crippen molar-refractivity contribution >= 4 is 27.3 Å². The first-order chi connectivity index (χ1) is 8.56. The zero-order chi connectivity index (χ0) is 13.1. The van der Waals surface area contributed by atoms with E-state index < -0.39 is 0 Å². The highest BCUT2D eigenvalue weighted by atomic mass is 79.9. The van der Waals surface area contributed by atoms with Gasteiger partial charge in [0.25, 0.3) is 0 Å². The highest BCUT2D eigenvalue weighted by Crippen LogP contribution is 2.23. The predicted octanol–water partition coefficient (Wildman–Crippen LogP) is 3.98. The van der Waals surface area contributed by atoms with Gasteiger partial charge in [0.05, 0.1) is 0 Å². The number of anilines is 2. The van der Waals surface area contributed by atoms with Crippen molar-refractivity contribution in [1.82, 2.24) is 0 Å². The minimum atomic E-state index is 0.809. The van der Waals surface area contributed by atoms with E-state index in [0.29, 0.717) is 0 Å². The fourth-order valence-electron chi connectivity index (χ4n) is 1.99. The molecule has 0 unspecified atom stereocenters. The van der Waals surface area contributed by atoms with E-state index in [1.165, 1.54) is 11.1 Å². The fraction of sp³-hybridized carbons (Fsp3) is 0.200. The van der Waals surface area contributed by atoms with Crippen LogP contribution in [0.25, 0.3) is 0 Å². The molecule has 2 aromatic rings. The van der Waals surface area contributed by atoms with E-state index in [4.69, 9.17) is 5.73 Å². The van der Waals surface area contributed by atoms with E-state index in [-0.39, 0.29) is 0 Å². The van der Waals surface area contributed by atoms with Gasteiger partial charge >= 0.3 is 0 Å². The Balaban J connectivity index is 2.22. The Labute approximate surface area is 117 Å². The van der Waals surface area contributed by atoms with Crippen LogP contribution in [0, 0.1) is 6.92 Å². The molecule has 0 saturated carbocycles. The van der Waals surface area contributed by atoms with Crippen LogP contribution in [-0.4, -0.2) is 7.05 Å². The molecule has 3 heteroatoms. The second kappa shape index (κ2) is 5.44. The van der Waals surface area contributed by atoms with E-state index in [1.54, 1.807) is 0 Å². The zero-order valence-electron chi connectivity index (χ0n) is 10.7. The number of hydrogen-bond acceptors (Lipinski definition) is 2. The lowest BCUT2D eigenvalue weighted by atomic mass is 10.1. The molecule has 94 valence electrons. The maximum atomic E-state index is 5.88. The third kappa shape index (κ3) is 3.05. The number of nitrogens with two attached hydrogens (primary N) is 1. The van der Waals surface area contributed by atoms with Gasteiger partial charge in [0, 0.05) is 29.4 Å². The van der Waals surface area contributed by atoms with Crippen molar-refractivity contribution in [2.45, 2.75) is 13.5 Å². The van der Waals surface area contributed by atoms with Gasteiger partial charge < -0.3 is 10.6 Å².